The Hall–Kier alpha value is -3.51. The maximum Gasteiger partial charge on any atom is 0.255 e. The molecule has 0 aliphatic carbocycles. The summed E-state index contributed by atoms with van der Waals surface area (Å²) in [6, 6.07) is 24.8. The van der Waals surface area contributed by atoms with Crippen molar-refractivity contribution in [1.29, 1.82) is 0 Å². The third-order valence-corrected chi connectivity index (χ3v) is 4.99. The molecule has 6 heteroatoms. The van der Waals surface area contributed by atoms with Crippen molar-refractivity contribution < 1.29 is 4.79 Å². The molecule has 148 valence electrons. The maximum atomic E-state index is 12.6. The van der Waals surface area contributed by atoms with Crippen LogP contribution in [0, 0.1) is 6.92 Å². The lowest BCUT2D eigenvalue weighted by Crippen LogP contribution is -2.12. The van der Waals surface area contributed by atoms with E-state index in [0.717, 1.165) is 27.1 Å². The molecule has 1 heterocycles. The Balaban J connectivity index is 1.51. The molecule has 5 nitrogen and oxygen atoms in total. The topological polar surface area (TPSA) is 66.9 Å². The Morgan fingerprint density at radius 1 is 0.867 bits per heavy atom. The standard InChI is InChI=1S/C24H19BrN4O/c1-16-8-10-17(11-9-16)22-14-23(27-15-26-22)28-20-6-2-4-18(12-20)24(30)29-21-7-3-5-19(25)13-21/h2-15H,1H3,(H,29,30)(H,26,27,28). The van der Waals surface area contributed by atoms with E-state index in [1.807, 2.05) is 54.6 Å². The second-order valence-corrected chi connectivity index (χ2v) is 7.74. The van der Waals surface area contributed by atoms with Gasteiger partial charge in [-0.1, -0.05) is 57.9 Å². The molecule has 0 bridgehead atoms. The number of amides is 1. The SMILES string of the molecule is Cc1ccc(-c2cc(Nc3cccc(C(=O)Nc4cccc(Br)c4)c3)ncn2)cc1. The molecule has 0 radical (unpaired) electrons. The molecule has 30 heavy (non-hydrogen) atoms. The summed E-state index contributed by atoms with van der Waals surface area (Å²) >= 11 is 3.41. The van der Waals surface area contributed by atoms with Gasteiger partial charge < -0.3 is 10.6 Å². The number of benzene rings is 3. The van der Waals surface area contributed by atoms with E-state index in [1.54, 1.807) is 12.1 Å². The first-order chi connectivity index (χ1) is 14.6. The molecule has 0 saturated carbocycles. The molecule has 0 spiro atoms. The molecule has 2 N–H and O–H groups in total. The summed E-state index contributed by atoms with van der Waals surface area (Å²) in [5.41, 5.74) is 5.10. The summed E-state index contributed by atoms with van der Waals surface area (Å²) in [5.74, 6) is 0.477. The number of aryl methyl sites for hydroxylation is 1. The Morgan fingerprint density at radius 3 is 2.43 bits per heavy atom. The number of rotatable bonds is 5. The van der Waals surface area contributed by atoms with E-state index >= 15 is 0 Å². The number of nitrogens with one attached hydrogen (secondary N) is 2. The number of halogens is 1. The van der Waals surface area contributed by atoms with E-state index in [2.05, 4.69) is 55.6 Å². The van der Waals surface area contributed by atoms with E-state index in [4.69, 9.17) is 0 Å². The first-order valence-electron chi connectivity index (χ1n) is 9.40. The number of carbonyl (C=O) groups excluding carboxylic acids is 1. The zero-order chi connectivity index (χ0) is 20.9. The number of nitrogens with zero attached hydrogens (tertiary/aromatic N) is 2. The summed E-state index contributed by atoms with van der Waals surface area (Å²) in [5, 5.41) is 6.16. The molecular formula is C24H19BrN4O. The first-order valence-corrected chi connectivity index (χ1v) is 10.2. The summed E-state index contributed by atoms with van der Waals surface area (Å²) in [6.45, 7) is 2.05. The van der Waals surface area contributed by atoms with Crippen molar-refractivity contribution in [3.8, 4) is 11.3 Å². The Morgan fingerprint density at radius 2 is 1.63 bits per heavy atom. The fourth-order valence-electron chi connectivity index (χ4n) is 2.96. The van der Waals surface area contributed by atoms with E-state index < -0.39 is 0 Å². The van der Waals surface area contributed by atoms with Crippen LogP contribution in [0.5, 0.6) is 0 Å². The summed E-state index contributed by atoms with van der Waals surface area (Å²) < 4.78 is 0.906. The van der Waals surface area contributed by atoms with Crippen LogP contribution in [0.2, 0.25) is 0 Å². The highest BCUT2D eigenvalue weighted by Gasteiger charge is 2.08. The fraction of sp³-hybridized carbons (Fsp3) is 0.0417. The highest BCUT2D eigenvalue weighted by Crippen LogP contribution is 2.22. The molecular weight excluding hydrogens is 440 g/mol. The molecule has 0 atom stereocenters. The predicted octanol–water partition coefficient (Wildman–Crippen LogP) is 6.21. The molecule has 1 aromatic heterocycles. The Labute approximate surface area is 183 Å². The van der Waals surface area contributed by atoms with Crippen LogP contribution in [0.25, 0.3) is 11.3 Å². The fourth-order valence-corrected chi connectivity index (χ4v) is 3.36. The van der Waals surface area contributed by atoms with Crippen LogP contribution in [-0.4, -0.2) is 15.9 Å². The van der Waals surface area contributed by atoms with Crippen molar-refractivity contribution in [2.24, 2.45) is 0 Å². The van der Waals surface area contributed by atoms with E-state index in [9.17, 15) is 4.79 Å². The third-order valence-electron chi connectivity index (χ3n) is 4.49. The summed E-state index contributed by atoms with van der Waals surface area (Å²) in [7, 11) is 0. The molecule has 0 aliphatic rings. The van der Waals surface area contributed by atoms with Crippen molar-refractivity contribution in [2.45, 2.75) is 6.92 Å². The number of aromatic nitrogens is 2. The van der Waals surface area contributed by atoms with Crippen LogP contribution in [0.4, 0.5) is 17.2 Å². The molecule has 0 unspecified atom stereocenters. The molecule has 0 aliphatic heterocycles. The maximum absolute atomic E-state index is 12.6. The van der Waals surface area contributed by atoms with Gasteiger partial charge in [-0.3, -0.25) is 4.79 Å². The zero-order valence-electron chi connectivity index (χ0n) is 16.3. The Bertz CT molecular complexity index is 1190. The minimum atomic E-state index is -0.181. The molecule has 0 saturated heterocycles. The van der Waals surface area contributed by atoms with Gasteiger partial charge in [-0.15, -0.1) is 0 Å². The number of anilines is 3. The average molecular weight is 459 g/mol. The van der Waals surface area contributed by atoms with Gasteiger partial charge in [0, 0.05) is 33.0 Å². The van der Waals surface area contributed by atoms with Crippen LogP contribution in [0.3, 0.4) is 0 Å². The van der Waals surface area contributed by atoms with Crippen LogP contribution < -0.4 is 10.6 Å². The monoisotopic (exact) mass is 458 g/mol. The van der Waals surface area contributed by atoms with Gasteiger partial charge in [0.25, 0.3) is 5.91 Å². The van der Waals surface area contributed by atoms with Gasteiger partial charge in [-0.25, -0.2) is 9.97 Å². The van der Waals surface area contributed by atoms with Crippen molar-refractivity contribution in [1.82, 2.24) is 9.97 Å². The summed E-state index contributed by atoms with van der Waals surface area (Å²) in [4.78, 5) is 21.3. The zero-order valence-corrected chi connectivity index (χ0v) is 17.8. The van der Waals surface area contributed by atoms with Gasteiger partial charge >= 0.3 is 0 Å². The lowest BCUT2D eigenvalue weighted by atomic mass is 10.1. The molecule has 0 fully saturated rings. The summed E-state index contributed by atoms with van der Waals surface area (Å²) in [6.07, 6.45) is 1.53. The largest absolute Gasteiger partial charge is 0.340 e. The minimum Gasteiger partial charge on any atom is -0.340 e. The highest BCUT2D eigenvalue weighted by atomic mass is 79.9. The predicted molar refractivity (Wildman–Crippen MR) is 124 cm³/mol. The van der Waals surface area contributed by atoms with Crippen LogP contribution in [0.1, 0.15) is 15.9 Å². The lowest BCUT2D eigenvalue weighted by molar-refractivity contribution is 0.102. The smallest absolute Gasteiger partial charge is 0.255 e. The van der Waals surface area contributed by atoms with Crippen molar-refractivity contribution in [2.75, 3.05) is 10.6 Å². The van der Waals surface area contributed by atoms with Gasteiger partial charge in [0.2, 0.25) is 0 Å². The molecule has 3 aromatic carbocycles. The molecule has 4 aromatic rings. The van der Waals surface area contributed by atoms with E-state index in [1.165, 1.54) is 11.9 Å². The van der Waals surface area contributed by atoms with Gasteiger partial charge in [-0.2, -0.15) is 0 Å². The van der Waals surface area contributed by atoms with Crippen LogP contribution in [0.15, 0.2) is 89.7 Å². The van der Waals surface area contributed by atoms with Gasteiger partial charge in [-0.05, 0) is 43.3 Å². The van der Waals surface area contributed by atoms with Gasteiger partial charge in [0.15, 0.2) is 0 Å². The van der Waals surface area contributed by atoms with E-state index in [-0.39, 0.29) is 5.91 Å². The van der Waals surface area contributed by atoms with Crippen molar-refractivity contribution in [3.63, 3.8) is 0 Å². The quantitative estimate of drug-likeness (QED) is 0.372. The molecule has 1 amide bonds. The van der Waals surface area contributed by atoms with Crippen LogP contribution >= 0.6 is 15.9 Å². The van der Waals surface area contributed by atoms with Gasteiger partial charge in [0.1, 0.15) is 12.1 Å². The van der Waals surface area contributed by atoms with Crippen molar-refractivity contribution in [3.05, 3.63) is 101 Å². The number of hydrogen-bond acceptors (Lipinski definition) is 4. The van der Waals surface area contributed by atoms with Crippen molar-refractivity contribution >= 4 is 39.0 Å². The lowest BCUT2D eigenvalue weighted by Gasteiger charge is -2.10. The Kier molecular flexibility index (Phi) is 5.86. The highest BCUT2D eigenvalue weighted by molar-refractivity contribution is 9.10. The second kappa shape index (κ2) is 8.88. The van der Waals surface area contributed by atoms with Crippen LogP contribution in [-0.2, 0) is 0 Å². The van der Waals surface area contributed by atoms with Gasteiger partial charge in [0.05, 0.1) is 5.69 Å². The second-order valence-electron chi connectivity index (χ2n) is 6.82. The number of carbonyl (C=O) groups is 1. The minimum absolute atomic E-state index is 0.181. The normalized spacial score (nSPS) is 10.5. The van der Waals surface area contributed by atoms with E-state index in [0.29, 0.717) is 11.4 Å². The number of hydrogen-bond donors (Lipinski definition) is 2. The average Bonchev–Trinajstić information content (AvgIpc) is 2.75. The molecule has 4 rings (SSSR count). The first kappa shape index (κ1) is 19.8. The third kappa shape index (κ3) is 4.90.